The molecule has 0 saturated heterocycles. The van der Waals surface area contributed by atoms with E-state index in [1.54, 1.807) is 18.2 Å². The van der Waals surface area contributed by atoms with E-state index in [-0.39, 0.29) is 24.4 Å². The molecule has 3 aromatic rings. The topological polar surface area (TPSA) is 49.4 Å². The quantitative estimate of drug-likeness (QED) is 0.450. The van der Waals surface area contributed by atoms with E-state index in [4.69, 9.17) is 0 Å². The molecule has 0 fully saturated rings. The number of alkyl halides is 3. The highest BCUT2D eigenvalue weighted by Crippen LogP contribution is 2.42. The number of anilines is 1. The molecule has 1 aliphatic rings. The average molecular weight is 483 g/mol. The van der Waals surface area contributed by atoms with E-state index in [0.29, 0.717) is 16.2 Å². The number of fused-ring (bicyclic) bond motifs is 1. The molecule has 1 heterocycles. The van der Waals surface area contributed by atoms with Crippen molar-refractivity contribution in [1.82, 2.24) is 5.32 Å². The van der Waals surface area contributed by atoms with Gasteiger partial charge in [-0.15, -0.1) is 0 Å². The first kappa shape index (κ1) is 23.6. The van der Waals surface area contributed by atoms with Gasteiger partial charge in [-0.25, -0.2) is 0 Å². The average Bonchev–Trinajstić information content (AvgIpc) is 2.82. The fourth-order valence-electron chi connectivity index (χ4n) is 3.59. The molecule has 0 saturated carbocycles. The highest BCUT2D eigenvalue weighted by atomic mass is 32.2. The normalized spacial score (nSPS) is 15.7. The lowest BCUT2D eigenvalue weighted by atomic mass is 10.1. The van der Waals surface area contributed by atoms with Crippen molar-refractivity contribution in [1.29, 1.82) is 0 Å². The van der Waals surface area contributed by atoms with Crippen LogP contribution in [0.15, 0.2) is 88.7 Å². The van der Waals surface area contributed by atoms with Crippen molar-refractivity contribution in [3.05, 3.63) is 100 Å². The Morgan fingerprint density at radius 1 is 1.00 bits per heavy atom. The van der Waals surface area contributed by atoms with Crippen molar-refractivity contribution in [3.8, 4) is 0 Å². The molecular weight excluding hydrogens is 461 g/mol. The number of para-hydroxylation sites is 1. The lowest BCUT2D eigenvalue weighted by Crippen LogP contribution is -2.43. The number of halogens is 3. The lowest BCUT2D eigenvalue weighted by molar-refractivity contribution is -0.137. The molecule has 0 bridgehead atoms. The van der Waals surface area contributed by atoms with Gasteiger partial charge in [0.25, 0.3) is 5.91 Å². The van der Waals surface area contributed by atoms with Crippen molar-refractivity contribution in [2.75, 3.05) is 11.4 Å². The molecule has 34 heavy (non-hydrogen) atoms. The van der Waals surface area contributed by atoms with Gasteiger partial charge in [0.2, 0.25) is 5.91 Å². The van der Waals surface area contributed by atoms with Gasteiger partial charge in [-0.3, -0.25) is 14.5 Å². The first-order chi connectivity index (χ1) is 16.2. The number of benzene rings is 3. The highest BCUT2D eigenvalue weighted by Gasteiger charge is 2.32. The second kappa shape index (κ2) is 9.77. The van der Waals surface area contributed by atoms with Gasteiger partial charge >= 0.3 is 6.18 Å². The fourth-order valence-corrected chi connectivity index (χ4v) is 4.65. The van der Waals surface area contributed by atoms with E-state index in [9.17, 15) is 22.8 Å². The zero-order valence-corrected chi connectivity index (χ0v) is 19.0. The first-order valence-electron chi connectivity index (χ1n) is 10.5. The maximum atomic E-state index is 13.3. The summed E-state index contributed by atoms with van der Waals surface area (Å²) in [5.41, 5.74) is 1.27. The Bertz CT molecular complexity index is 1220. The Labute approximate surface area is 199 Å². The first-order valence-corrected chi connectivity index (χ1v) is 11.4. The summed E-state index contributed by atoms with van der Waals surface area (Å²) in [4.78, 5) is 28.6. The monoisotopic (exact) mass is 482 g/mol. The highest BCUT2D eigenvalue weighted by molar-refractivity contribution is 8.04. The minimum Gasteiger partial charge on any atom is -0.348 e. The van der Waals surface area contributed by atoms with E-state index >= 15 is 0 Å². The molecule has 3 aromatic carbocycles. The van der Waals surface area contributed by atoms with Crippen LogP contribution in [0.2, 0.25) is 0 Å². The van der Waals surface area contributed by atoms with Crippen LogP contribution < -0.4 is 10.2 Å². The van der Waals surface area contributed by atoms with Crippen LogP contribution in [0, 0.1) is 0 Å². The van der Waals surface area contributed by atoms with Crippen LogP contribution >= 0.6 is 11.8 Å². The van der Waals surface area contributed by atoms with Gasteiger partial charge in [-0.05, 0) is 48.4 Å². The largest absolute Gasteiger partial charge is 0.416 e. The van der Waals surface area contributed by atoms with E-state index in [1.807, 2.05) is 49.4 Å². The van der Waals surface area contributed by atoms with Crippen LogP contribution in [0.1, 0.15) is 29.7 Å². The molecule has 1 aliphatic heterocycles. The Morgan fingerprint density at radius 3 is 2.32 bits per heavy atom. The molecule has 0 aliphatic carbocycles. The standard InChI is InChI=1S/C26H21F3N2O2S/c1-17(19-7-3-2-4-8-19)30-24(32)16-31-21-9-5-6-10-22(21)34-23(25(31)33)15-18-11-13-20(14-12-18)26(27,28)29/h2-15,17H,16H2,1H3,(H,30,32)/b23-15+/t17-/m0/s1. The number of rotatable bonds is 5. The zero-order valence-electron chi connectivity index (χ0n) is 18.2. The van der Waals surface area contributed by atoms with Gasteiger partial charge in [0, 0.05) is 4.90 Å². The maximum Gasteiger partial charge on any atom is 0.416 e. The molecule has 0 aromatic heterocycles. The van der Waals surface area contributed by atoms with Gasteiger partial charge in [-0.2, -0.15) is 13.2 Å². The van der Waals surface area contributed by atoms with Crippen LogP contribution in [0.25, 0.3) is 6.08 Å². The summed E-state index contributed by atoms with van der Waals surface area (Å²) in [6, 6.07) is 21.1. The van der Waals surface area contributed by atoms with Crippen molar-refractivity contribution in [3.63, 3.8) is 0 Å². The summed E-state index contributed by atoms with van der Waals surface area (Å²) in [7, 11) is 0. The molecule has 0 spiro atoms. The number of hydrogen-bond acceptors (Lipinski definition) is 3. The smallest absolute Gasteiger partial charge is 0.348 e. The maximum absolute atomic E-state index is 13.3. The van der Waals surface area contributed by atoms with E-state index in [0.717, 1.165) is 22.6 Å². The number of nitrogens with one attached hydrogen (secondary N) is 1. The molecule has 4 nitrogen and oxygen atoms in total. The zero-order chi connectivity index (χ0) is 24.3. The molecule has 2 amide bonds. The lowest BCUT2D eigenvalue weighted by Gasteiger charge is -2.30. The molecule has 8 heteroatoms. The summed E-state index contributed by atoms with van der Waals surface area (Å²) in [6.45, 7) is 1.68. The second-order valence-electron chi connectivity index (χ2n) is 7.79. The van der Waals surface area contributed by atoms with Crippen molar-refractivity contribution < 1.29 is 22.8 Å². The molecular formula is C26H21F3N2O2S. The van der Waals surface area contributed by atoms with Crippen LogP contribution in [0.5, 0.6) is 0 Å². The predicted molar refractivity (Wildman–Crippen MR) is 127 cm³/mol. The summed E-state index contributed by atoms with van der Waals surface area (Å²) < 4.78 is 38.6. The SMILES string of the molecule is C[C@H](NC(=O)CN1C(=O)/C(=C\c2ccc(C(F)(F)F)cc2)Sc2ccccc21)c1ccccc1. The Morgan fingerprint density at radius 2 is 1.65 bits per heavy atom. The summed E-state index contributed by atoms with van der Waals surface area (Å²) in [5, 5.41) is 2.91. The van der Waals surface area contributed by atoms with Gasteiger partial charge in [0.15, 0.2) is 0 Å². The number of hydrogen-bond donors (Lipinski definition) is 1. The Balaban J connectivity index is 1.56. The predicted octanol–water partition coefficient (Wildman–Crippen LogP) is 6.06. The number of thioether (sulfide) groups is 1. The number of carbonyl (C=O) groups excluding carboxylic acids is 2. The van der Waals surface area contributed by atoms with E-state index < -0.39 is 11.7 Å². The third-order valence-electron chi connectivity index (χ3n) is 5.35. The Kier molecular flexibility index (Phi) is 6.79. The van der Waals surface area contributed by atoms with Gasteiger partial charge in [0.1, 0.15) is 6.54 Å². The van der Waals surface area contributed by atoms with Gasteiger partial charge in [0.05, 0.1) is 22.2 Å². The minimum atomic E-state index is -4.43. The third kappa shape index (κ3) is 5.34. The van der Waals surface area contributed by atoms with E-state index in [1.165, 1.54) is 28.8 Å². The molecule has 1 N–H and O–H groups in total. The molecule has 1 atom stereocenters. The van der Waals surface area contributed by atoms with Gasteiger partial charge in [-0.1, -0.05) is 66.4 Å². The molecule has 174 valence electrons. The van der Waals surface area contributed by atoms with Crippen molar-refractivity contribution in [2.45, 2.75) is 24.0 Å². The number of carbonyl (C=O) groups is 2. The van der Waals surface area contributed by atoms with E-state index in [2.05, 4.69) is 5.32 Å². The van der Waals surface area contributed by atoms with Crippen LogP contribution in [0.3, 0.4) is 0 Å². The molecule has 0 radical (unpaired) electrons. The minimum absolute atomic E-state index is 0.183. The van der Waals surface area contributed by atoms with Crippen LogP contribution in [0.4, 0.5) is 18.9 Å². The Hall–Kier alpha value is -3.52. The van der Waals surface area contributed by atoms with Crippen LogP contribution in [-0.2, 0) is 15.8 Å². The third-order valence-corrected chi connectivity index (χ3v) is 6.42. The summed E-state index contributed by atoms with van der Waals surface area (Å²) in [5.74, 6) is -0.702. The van der Waals surface area contributed by atoms with Crippen molar-refractivity contribution in [2.24, 2.45) is 0 Å². The number of nitrogens with zero attached hydrogens (tertiary/aromatic N) is 1. The van der Waals surface area contributed by atoms with Crippen molar-refractivity contribution >= 4 is 35.3 Å². The fraction of sp³-hybridized carbons (Fsp3) is 0.154. The van der Waals surface area contributed by atoms with Crippen LogP contribution in [-0.4, -0.2) is 18.4 Å². The summed E-state index contributed by atoms with van der Waals surface area (Å²) >= 11 is 1.23. The molecule has 0 unspecified atom stereocenters. The van der Waals surface area contributed by atoms with Gasteiger partial charge < -0.3 is 5.32 Å². The second-order valence-corrected chi connectivity index (χ2v) is 8.87. The molecule has 4 rings (SSSR count). The number of amides is 2. The summed E-state index contributed by atoms with van der Waals surface area (Å²) in [6.07, 6.45) is -2.89.